The molecular weight excluding hydrogens is 210 g/mol. The highest BCUT2D eigenvalue weighted by atomic mass is 16.5. The maximum atomic E-state index is 5.65. The minimum atomic E-state index is 0.572. The minimum Gasteiger partial charge on any atom is -0.496 e. The third-order valence-electron chi connectivity index (χ3n) is 2.89. The summed E-state index contributed by atoms with van der Waals surface area (Å²) < 4.78 is 5.26. The SMILES string of the molecule is COc1ccc(-c2cccc(CN)c2)cc1C. The Kier molecular flexibility index (Phi) is 3.45. The Morgan fingerprint density at radius 2 is 1.82 bits per heavy atom. The molecule has 88 valence electrons. The van der Waals surface area contributed by atoms with Gasteiger partial charge in [-0.3, -0.25) is 0 Å². The summed E-state index contributed by atoms with van der Waals surface area (Å²) in [5.74, 6) is 0.920. The first-order valence-corrected chi connectivity index (χ1v) is 5.68. The van der Waals surface area contributed by atoms with Crippen LogP contribution in [0.2, 0.25) is 0 Å². The van der Waals surface area contributed by atoms with E-state index in [2.05, 4.69) is 31.2 Å². The van der Waals surface area contributed by atoms with Crippen LogP contribution in [-0.4, -0.2) is 7.11 Å². The monoisotopic (exact) mass is 227 g/mol. The molecule has 2 N–H and O–H groups in total. The first kappa shape index (κ1) is 11.7. The molecule has 0 unspecified atom stereocenters. The van der Waals surface area contributed by atoms with Crippen LogP contribution >= 0.6 is 0 Å². The van der Waals surface area contributed by atoms with Crippen LogP contribution in [0.25, 0.3) is 11.1 Å². The molecule has 0 aliphatic carbocycles. The number of rotatable bonds is 3. The average molecular weight is 227 g/mol. The molecule has 0 bridgehead atoms. The summed E-state index contributed by atoms with van der Waals surface area (Å²) >= 11 is 0. The van der Waals surface area contributed by atoms with Crippen LogP contribution in [0.15, 0.2) is 42.5 Å². The van der Waals surface area contributed by atoms with Gasteiger partial charge in [0.15, 0.2) is 0 Å². The van der Waals surface area contributed by atoms with Crippen molar-refractivity contribution < 1.29 is 4.74 Å². The summed E-state index contributed by atoms with van der Waals surface area (Å²) in [6, 6.07) is 14.5. The van der Waals surface area contributed by atoms with E-state index >= 15 is 0 Å². The largest absolute Gasteiger partial charge is 0.496 e. The normalized spacial score (nSPS) is 10.3. The first-order valence-electron chi connectivity index (χ1n) is 5.68. The van der Waals surface area contributed by atoms with E-state index in [0.29, 0.717) is 6.54 Å². The van der Waals surface area contributed by atoms with Gasteiger partial charge in [-0.25, -0.2) is 0 Å². The molecule has 0 saturated carbocycles. The second-order valence-corrected chi connectivity index (χ2v) is 4.09. The van der Waals surface area contributed by atoms with Gasteiger partial charge in [-0.1, -0.05) is 24.3 Å². The Labute approximate surface area is 102 Å². The average Bonchev–Trinajstić information content (AvgIpc) is 2.38. The zero-order valence-electron chi connectivity index (χ0n) is 10.2. The summed E-state index contributed by atoms with van der Waals surface area (Å²) in [6.07, 6.45) is 0. The van der Waals surface area contributed by atoms with Gasteiger partial charge in [-0.05, 0) is 47.4 Å². The van der Waals surface area contributed by atoms with Gasteiger partial charge in [0.25, 0.3) is 0 Å². The van der Waals surface area contributed by atoms with Crippen molar-refractivity contribution in [2.75, 3.05) is 7.11 Å². The van der Waals surface area contributed by atoms with Gasteiger partial charge in [0.05, 0.1) is 7.11 Å². The fourth-order valence-corrected chi connectivity index (χ4v) is 1.94. The molecule has 0 atom stereocenters. The van der Waals surface area contributed by atoms with E-state index in [1.54, 1.807) is 7.11 Å². The molecule has 0 amide bonds. The lowest BCUT2D eigenvalue weighted by Gasteiger charge is -2.08. The number of ether oxygens (including phenoxy) is 1. The fraction of sp³-hybridized carbons (Fsp3) is 0.200. The molecule has 2 aromatic carbocycles. The van der Waals surface area contributed by atoms with Crippen molar-refractivity contribution in [2.45, 2.75) is 13.5 Å². The van der Waals surface area contributed by atoms with E-state index in [1.807, 2.05) is 18.2 Å². The molecule has 0 heterocycles. The molecule has 0 radical (unpaired) electrons. The van der Waals surface area contributed by atoms with Crippen molar-refractivity contribution in [3.63, 3.8) is 0 Å². The summed E-state index contributed by atoms with van der Waals surface area (Å²) in [5, 5.41) is 0. The zero-order chi connectivity index (χ0) is 12.3. The van der Waals surface area contributed by atoms with Crippen LogP contribution in [0.5, 0.6) is 5.75 Å². The topological polar surface area (TPSA) is 35.2 Å². The van der Waals surface area contributed by atoms with Crippen molar-refractivity contribution in [3.8, 4) is 16.9 Å². The van der Waals surface area contributed by atoms with Crippen LogP contribution in [0.1, 0.15) is 11.1 Å². The van der Waals surface area contributed by atoms with Crippen LogP contribution in [-0.2, 0) is 6.54 Å². The van der Waals surface area contributed by atoms with Crippen LogP contribution < -0.4 is 10.5 Å². The standard InChI is InChI=1S/C15H17NO/c1-11-8-14(6-7-15(11)17-2)13-5-3-4-12(9-13)10-16/h3-9H,10,16H2,1-2H3. The summed E-state index contributed by atoms with van der Waals surface area (Å²) in [5.41, 5.74) is 10.3. The Balaban J connectivity index is 2.42. The van der Waals surface area contributed by atoms with E-state index in [9.17, 15) is 0 Å². The number of benzene rings is 2. The lowest BCUT2D eigenvalue weighted by atomic mass is 10.0. The number of aryl methyl sites for hydroxylation is 1. The maximum absolute atomic E-state index is 5.65. The van der Waals surface area contributed by atoms with Gasteiger partial charge in [-0.15, -0.1) is 0 Å². The second-order valence-electron chi connectivity index (χ2n) is 4.09. The third kappa shape index (κ3) is 2.48. The first-order chi connectivity index (χ1) is 8.24. The molecule has 2 heteroatoms. The van der Waals surface area contributed by atoms with Gasteiger partial charge >= 0.3 is 0 Å². The number of methoxy groups -OCH3 is 1. The molecule has 0 fully saturated rings. The third-order valence-corrected chi connectivity index (χ3v) is 2.89. The van der Waals surface area contributed by atoms with Gasteiger partial charge < -0.3 is 10.5 Å². The lowest BCUT2D eigenvalue weighted by Crippen LogP contribution is -1.95. The van der Waals surface area contributed by atoms with Crippen molar-refractivity contribution in [1.82, 2.24) is 0 Å². The quantitative estimate of drug-likeness (QED) is 0.874. The van der Waals surface area contributed by atoms with E-state index in [4.69, 9.17) is 10.5 Å². The van der Waals surface area contributed by atoms with Gasteiger partial charge in [0.1, 0.15) is 5.75 Å². The smallest absolute Gasteiger partial charge is 0.121 e. The molecule has 0 aliphatic rings. The van der Waals surface area contributed by atoms with Crippen molar-refractivity contribution >= 4 is 0 Å². The van der Waals surface area contributed by atoms with E-state index in [-0.39, 0.29) is 0 Å². The molecule has 0 aromatic heterocycles. The molecule has 2 nitrogen and oxygen atoms in total. The summed E-state index contributed by atoms with van der Waals surface area (Å²) in [4.78, 5) is 0. The van der Waals surface area contributed by atoms with Crippen molar-refractivity contribution in [3.05, 3.63) is 53.6 Å². The molecule has 2 rings (SSSR count). The molecular formula is C15H17NO. The highest BCUT2D eigenvalue weighted by Gasteiger charge is 2.02. The summed E-state index contributed by atoms with van der Waals surface area (Å²) in [6.45, 7) is 2.62. The van der Waals surface area contributed by atoms with Gasteiger partial charge in [0, 0.05) is 6.54 Å². The number of hydrogen-bond acceptors (Lipinski definition) is 2. The fourth-order valence-electron chi connectivity index (χ4n) is 1.94. The Hall–Kier alpha value is -1.80. The molecule has 0 saturated heterocycles. The van der Waals surface area contributed by atoms with Crippen molar-refractivity contribution in [2.24, 2.45) is 5.73 Å². The van der Waals surface area contributed by atoms with E-state index < -0.39 is 0 Å². The van der Waals surface area contributed by atoms with Crippen LogP contribution in [0.3, 0.4) is 0 Å². The minimum absolute atomic E-state index is 0.572. The highest BCUT2D eigenvalue weighted by Crippen LogP contribution is 2.26. The summed E-state index contributed by atoms with van der Waals surface area (Å²) in [7, 11) is 1.69. The molecule has 0 aliphatic heterocycles. The lowest BCUT2D eigenvalue weighted by molar-refractivity contribution is 0.412. The predicted octanol–water partition coefficient (Wildman–Crippen LogP) is 3.13. The molecule has 0 spiro atoms. The highest BCUT2D eigenvalue weighted by molar-refractivity contribution is 5.66. The van der Waals surface area contributed by atoms with E-state index in [0.717, 1.165) is 16.9 Å². The van der Waals surface area contributed by atoms with Gasteiger partial charge in [-0.2, -0.15) is 0 Å². The van der Waals surface area contributed by atoms with Crippen molar-refractivity contribution in [1.29, 1.82) is 0 Å². The van der Waals surface area contributed by atoms with E-state index in [1.165, 1.54) is 11.1 Å². The van der Waals surface area contributed by atoms with Crippen LogP contribution in [0.4, 0.5) is 0 Å². The number of nitrogens with two attached hydrogens (primary N) is 1. The Bertz CT molecular complexity index is 520. The Morgan fingerprint density at radius 1 is 1.06 bits per heavy atom. The molecule has 17 heavy (non-hydrogen) atoms. The molecule has 2 aromatic rings. The van der Waals surface area contributed by atoms with Gasteiger partial charge in [0.2, 0.25) is 0 Å². The Morgan fingerprint density at radius 3 is 2.47 bits per heavy atom. The second kappa shape index (κ2) is 5.02. The number of hydrogen-bond donors (Lipinski definition) is 1. The zero-order valence-corrected chi connectivity index (χ0v) is 10.2. The predicted molar refractivity (Wildman–Crippen MR) is 71.1 cm³/mol. The maximum Gasteiger partial charge on any atom is 0.121 e. The van der Waals surface area contributed by atoms with Crippen LogP contribution in [0, 0.1) is 6.92 Å².